The van der Waals surface area contributed by atoms with Crippen LogP contribution in [-0.4, -0.2) is 24.5 Å². The average molecular weight is 297 g/mol. The van der Waals surface area contributed by atoms with Crippen molar-refractivity contribution in [3.05, 3.63) is 23.5 Å². The van der Waals surface area contributed by atoms with Crippen LogP contribution in [0.15, 0.2) is 6.20 Å². The number of nitrogens with two attached hydrogens (primary N) is 1. The summed E-state index contributed by atoms with van der Waals surface area (Å²) in [5.41, 5.74) is 7.44. The van der Waals surface area contributed by atoms with Crippen molar-refractivity contribution in [2.24, 2.45) is 0 Å². The number of hydrogen-bond donors (Lipinski definition) is 1. The van der Waals surface area contributed by atoms with Gasteiger partial charge in [0.15, 0.2) is 0 Å². The van der Waals surface area contributed by atoms with Gasteiger partial charge in [0.05, 0.1) is 11.4 Å². The lowest BCUT2D eigenvalue weighted by Crippen LogP contribution is -2.10. The molecule has 110 valence electrons. The smallest absolute Gasteiger partial charge is 0.134 e. The van der Waals surface area contributed by atoms with Gasteiger partial charge in [0.2, 0.25) is 0 Å². The van der Waals surface area contributed by atoms with Crippen LogP contribution < -0.4 is 5.73 Å². The van der Waals surface area contributed by atoms with Crippen molar-refractivity contribution in [2.45, 2.75) is 52.1 Å². The highest BCUT2D eigenvalue weighted by atomic mass is 35.5. The zero-order chi connectivity index (χ0) is 13.2. The van der Waals surface area contributed by atoms with E-state index in [9.17, 15) is 0 Å². The van der Waals surface area contributed by atoms with E-state index >= 15 is 0 Å². The van der Waals surface area contributed by atoms with E-state index in [-0.39, 0.29) is 12.4 Å². The fourth-order valence-electron chi connectivity index (χ4n) is 2.59. The van der Waals surface area contributed by atoms with Crippen LogP contribution in [0.5, 0.6) is 0 Å². The molecule has 3 rings (SSSR count). The molecule has 0 amide bonds. The summed E-state index contributed by atoms with van der Waals surface area (Å²) in [6.45, 7) is 3.78. The standard InChI is InChI=1S/C13H20N6.ClH/c1-10-11(14)9-18(17-10)8-6-13-16-15-12-5-3-2-4-7-19(12)13;/h9H,2-8,14H2,1H3;1H. The van der Waals surface area contributed by atoms with Gasteiger partial charge in [-0.05, 0) is 19.8 Å². The zero-order valence-electron chi connectivity index (χ0n) is 11.7. The molecule has 0 radical (unpaired) electrons. The van der Waals surface area contributed by atoms with Gasteiger partial charge in [0.25, 0.3) is 0 Å². The van der Waals surface area contributed by atoms with Crippen molar-refractivity contribution in [2.75, 3.05) is 5.73 Å². The van der Waals surface area contributed by atoms with Crippen LogP contribution in [-0.2, 0) is 25.9 Å². The summed E-state index contributed by atoms with van der Waals surface area (Å²) in [5, 5.41) is 13.0. The number of anilines is 1. The molecule has 7 heteroatoms. The minimum Gasteiger partial charge on any atom is -0.396 e. The van der Waals surface area contributed by atoms with E-state index in [0.29, 0.717) is 0 Å². The number of fused-ring (bicyclic) bond motifs is 1. The van der Waals surface area contributed by atoms with Crippen LogP contribution in [0.1, 0.15) is 36.6 Å². The maximum absolute atomic E-state index is 5.80. The Morgan fingerprint density at radius 2 is 2.10 bits per heavy atom. The number of halogens is 1. The number of aryl methyl sites for hydroxylation is 4. The maximum Gasteiger partial charge on any atom is 0.134 e. The van der Waals surface area contributed by atoms with Gasteiger partial charge in [0.1, 0.15) is 11.6 Å². The molecule has 0 atom stereocenters. The Balaban J connectivity index is 0.00000147. The molecular formula is C13H21ClN6. The first-order valence-electron chi connectivity index (χ1n) is 6.94. The van der Waals surface area contributed by atoms with E-state index in [2.05, 4.69) is 19.9 Å². The SMILES string of the molecule is Cc1nn(CCc2nnc3n2CCCCC3)cc1N.Cl. The molecule has 2 N–H and O–H groups in total. The summed E-state index contributed by atoms with van der Waals surface area (Å²) in [6, 6.07) is 0. The van der Waals surface area contributed by atoms with Crippen molar-refractivity contribution in [3.63, 3.8) is 0 Å². The van der Waals surface area contributed by atoms with E-state index in [1.165, 1.54) is 19.3 Å². The predicted octanol–water partition coefficient (Wildman–Crippen LogP) is 1.76. The molecule has 2 aromatic heterocycles. The van der Waals surface area contributed by atoms with E-state index in [1.54, 1.807) is 0 Å². The summed E-state index contributed by atoms with van der Waals surface area (Å²) in [6.07, 6.45) is 7.54. The maximum atomic E-state index is 5.80. The van der Waals surface area contributed by atoms with Crippen molar-refractivity contribution < 1.29 is 0 Å². The zero-order valence-corrected chi connectivity index (χ0v) is 12.6. The normalized spacial score (nSPS) is 14.4. The van der Waals surface area contributed by atoms with Crippen LogP contribution in [0.3, 0.4) is 0 Å². The molecular weight excluding hydrogens is 276 g/mol. The lowest BCUT2D eigenvalue weighted by molar-refractivity contribution is 0.555. The molecule has 0 spiro atoms. The summed E-state index contributed by atoms with van der Waals surface area (Å²) < 4.78 is 4.18. The Hall–Kier alpha value is -1.56. The highest BCUT2D eigenvalue weighted by Gasteiger charge is 2.14. The van der Waals surface area contributed by atoms with Gasteiger partial charge >= 0.3 is 0 Å². The van der Waals surface area contributed by atoms with Crippen LogP contribution in [0.25, 0.3) is 0 Å². The van der Waals surface area contributed by atoms with Crippen molar-refractivity contribution >= 4 is 18.1 Å². The van der Waals surface area contributed by atoms with E-state index in [4.69, 9.17) is 5.73 Å². The van der Waals surface area contributed by atoms with Gasteiger partial charge in [-0.25, -0.2) is 0 Å². The molecule has 6 nitrogen and oxygen atoms in total. The molecule has 0 saturated carbocycles. The number of nitrogen functional groups attached to an aromatic ring is 1. The minimum absolute atomic E-state index is 0. The predicted molar refractivity (Wildman–Crippen MR) is 79.9 cm³/mol. The van der Waals surface area contributed by atoms with Gasteiger partial charge in [0, 0.05) is 32.1 Å². The van der Waals surface area contributed by atoms with Gasteiger partial charge in [-0.15, -0.1) is 22.6 Å². The van der Waals surface area contributed by atoms with Gasteiger partial charge in [-0.2, -0.15) is 5.10 Å². The molecule has 3 heterocycles. The highest BCUT2D eigenvalue weighted by Crippen LogP contribution is 2.15. The molecule has 1 aliphatic rings. The first kappa shape index (κ1) is 14.8. The number of nitrogens with zero attached hydrogens (tertiary/aromatic N) is 5. The van der Waals surface area contributed by atoms with Gasteiger partial charge in [-0.1, -0.05) is 6.42 Å². The molecule has 0 saturated heterocycles. The Morgan fingerprint density at radius 1 is 1.25 bits per heavy atom. The molecule has 0 fully saturated rings. The van der Waals surface area contributed by atoms with Gasteiger partial charge < -0.3 is 10.3 Å². The van der Waals surface area contributed by atoms with Crippen LogP contribution >= 0.6 is 12.4 Å². The summed E-state index contributed by atoms with van der Waals surface area (Å²) in [5.74, 6) is 2.22. The summed E-state index contributed by atoms with van der Waals surface area (Å²) in [4.78, 5) is 0. The molecule has 2 aromatic rings. The molecule has 0 aliphatic carbocycles. The fraction of sp³-hybridized carbons (Fsp3) is 0.615. The Bertz CT molecular complexity index is 554. The van der Waals surface area contributed by atoms with E-state index in [0.717, 1.165) is 49.0 Å². The topological polar surface area (TPSA) is 74.5 Å². The van der Waals surface area contributed by atoms with Crippen molar-refractivity contribution in [1.29, 1.82) is 0 Å². The first-order chi connectivity index (χ1) is 9.24. The van der Waals surface area contributed by atoms with E-state index < -0.39 is 0 Å². The number of aromatic nitrogens is 5. The number of rotatable bonds is 3. The molecule has 20 heavy (non-hydrogen) atoms. The Labute approximate surface area is 124 Å². The minimum atomic E-state index is 0. The average Bonchev–Trinajstić information content (AvgIpc) is 2.82. The van der Waals surface area contributed by atoms with Crippen molar-refractivity contribution in [3.8, 4) is 0 Å². The van der Waals surface area contributed by atoms with Crippen LogP contribution in [0.4, 0.5) is 5.69 Å². The third-order valence-electron chi connectivity index (χ3n) is 3.73. The summed E-state index contributed by atoms with van der Waals surface area (Å²) >= 11 is 0. The van der Waals surface area contributed by atoms with Crippen LogP contribution in [0.2, 0.25) is 0 Å². The third kappa shape index (κ3) is 2.95. The summed E-state index contributed by atoms with van der Waals surface area (Å²) in [7, 11) is 0. The quantitative estimate of drug-likeness (QED) is 0.936. The second kappa shape index (κ2) is 6.26. The van der Waals surface area contributed by atoms with Gasteiger partial charge in [-0.3, -0.25) is 4.68 Å². The van der Waals surface area contributed by atoms with E-state index in [1.807, 2.05) is 17.8 Å². The molecule has 1 aliphatic heterocycles. The van der Waals surface area contributed by atoms with Crippen molar-refractivity contribution in [1.82, 2.24) is 24.5 Å². The van der Waals surface area contributed by atoms with Crippen LogP contribution in [0, 0.1) is 6.92 Å². The lowest BCUT2D eigenvalue weighted by Gasteiger charge is -2.06. The first-order valence-corrected chi connectivity index (χ1v) is 6.94. The molecule has 0 unspecified atom stereocenters. The number of hydrogen-bond acceptors (Lipinski definition) is 4. The third-order valence-corrected chi connectivity index (χ3v) is 3.73. The Kier molecular flexibility index (Phi) is 4.65. The Morgan fingerprint density at radius 3 is 2.85 bits per heavy atom. The monoisotopic (exact) mass is 296 g/mol. The molecule has 0 aromatic carbocycles. The highest BCUT2D eigenvalue weighted by molar-refractivity contribution is 5.85. The lowest BCUT2D eigenvalue weighted by atomic mass is 10.2. The second-order valence-corrected chi connectivity index (χ2v) is 5.18. The fourth-order valence-corrected chi connectivity index (χ4v) is 2.59. The largest absolute Gasteiger partial charge is 0.396 e. The second-order valence-electron chi connectivity index (χ2n) is 5.18. The molecule has 0 bridgehead atoms.